The van der Waals surface area contributed by atoms with Gasteiger partial charge in [-0.05, 0) is 66.8 Å². The van der Waals surface area contributed by atoms with Crippen molar-refractivity contribution in [2.75, 3.05) is 11.4 Å². The summed E-state index contributed by atoms with van der Waals surface area (Å²) in [7, 11) is 0. The van der Waals surface area contributed by atoms with Crippen LogP contribution in [0.4, 0.5) is 33.3 Å². The van der Waals surface area contributed by atoms with Crippen LogP contribution in [0.15, 0.2) is 83.9 Å². The predicted octanol–water partition coefficient (Wildman–Crippen LogP) is 4.21. The van der Waals surface area contributed by atoms with Gasteiger partial charge < -0.3 is 21.7 Å². The van der Waals surface area contributed by atoms with Crippen molar-refractivity contribution < 1.29 is 22.0 Å². The molecule has 0 saturated heterocycles. The fourth-order valence-corrected chi connectivity index (χ4v) is 2.87. The zero-order chi connectivity index (χ0) is 21.9. The molecular formula is C21H19F5N4. The first kappa shape index (κ1) is 21.4. The molecule has 9 heteroatoms. The molecular weight excluding hydrogens is 403 g/mol. The maximum Gasteiger partial charge on any atom is 0.407 e. The quantitative estimate of drug-likeness (QED) is 0.632. The number of halogens is 5. The molecule has 0 bridgehead atoms. The molecule has 0 fully saturated rings. The van der Waals surface area contributed by atoms with Crippen LogP contribution in [0.5, 0.6) is 0 Å². The van der Waals surface area contributed by atoms with E-state index in [0.29, 0.717) is 17.1 Å². The number of anilines is 2. The lowest BCUT2D eigenvalue weighted by Crippen LogP contribution is -2.37. The molecule has 0 amide bonds. The molecule has 1 unspecified atom stereocenters. The molecule has 0 saturated carbocycles. The van der Waals surface area contributed by atoms with E-state index in [1.807, 2.05) is 0 Å². The largest absolute Gasteiger partial charge is 0.407 e. The minimum absolute atomic E-state index is 0.163. The number of hydrogen-bond acceptors (Lipinski definition) is 4. The van der Waals surface area contributed by atoms with E-state index < -0.39 is 23.9 Å². The topological polar surface area (TPSA) is 67.3 Å². The van der Waals surface area contributed by atoms with Gasteiger partial charge in [0.1, 0.15) is 17.7 Å². The zero-order valence-electron chi connectivity index (χ0n) is 15.6. The van der Waals surface area contributed by atoms with Crippen molar-refractivity contribution in [3.8, 4) is 0 Å². The number of nitrogens with one attached hydrogen (secondary N) is 1. The number of hydrogen-bond donors (Lipinski definition) is 3. The Labute approximate surface area is 170 Å². The first-order valence-corrected chi connectivity index (χ1v) is 8.92. The molecule has 2 aromatic carbocycles. The summed E-state index contributed by atoms with van der Waals surface area (Å²) >= 11 is 0. The predicted molar refractivity (Wildman–Crippen MR) is 105 cm³/mol. The Bertz CT molecular complexity index is 930. The second-order valence-corrected chi connectivity index (χ2v) is 6.55. The standard InChI is InChI=1S/C21H19F5N4/c22-13-1-5-15(6-2-13)30(16-7-3-14(23)4-8-16)17-9-10-29-19(11-17)18(27)12-20(28)21(24,25)26/h1-9,11-12,20,29H,10,27-28H2/b18-12-. The van der Waals surface area contributed by atoms with Crippen LogP contribution >= 0.6 is 0 Å². The average molecular weight is 422 g/mol. The zero-order valence-corrected chi connectivity index (χ0v) is 15.6. The van der Waals surface area contributed by atoms with Crippen molar-refractivity contribution in [1.82, 2.24) is 5.32 Å². The maximum absolute atomic E-state index is 13.4. The summed E-state index contributed by atoms with van der Waals surface area (Å²) in [5.74, 6) is -0.858. The smallest absolute Gasteiger partial charge is 0.397 e. The first-order chi connectivity index (χ1) is 14.1. The van der Waals surface area contributed by atoms with Gasteiger partial charge in [-0.15, -0.1) is 0 Å². The minimum Gasteiger partial charge on any atom is -0.397 e. The minimum atomic E-state index is -4.62. The average Bonchev–Trinajstić information content (AvgIpc) is 2.70. The van der Waals surface area contributed by atoms with E-state index in [2.05, 4.69) is 5.32 Å². The Morgan fingerprint density at radius 1 is 0.967 bits per heavy atom. The second kappa shape index (κ2) is 8.58. The van der Waals surface area contributed by atoms with Gasteiger partial charge in [-0.2, -0.15) is 13.2 Å². The first-order valence-electron chi connectivity index (χ1n) is 8.92. The number of dihydropyridines is 1. The van der Waals surface area contributed by atoms with Gasteiger partial charge in [0.2, 0.25) is 0 Å². The van der Waals surface area contributed by atoms with Crippen molar-refractivity contribution in [2.24, 2.45) is 11.5 Å². The normalized spacial score (nSPS) is 15.7. The van der Waals surface area contributed by atoms with Crippen molar-refractivity contribution in [2.45, 2.75) is 12.2 Å². The Morgan fingerprint density at radius 2 is 1.47 bits per heavy atom. The van der Waals surface area contributed by atoms with Crippen LogP contribution < -0.4 is 21.7 Å². The van der Waals surface area contributed by atoms with Gasteiger partial charge in [0.15, 0.2) is 0 Å². The number of alkyl halides is 3. The third-order valence-corrected chi connectivity index (χ3v) is 4.37. The van der Waals surface area contributed by atoms with E-state index in [1.54, 1.807) is 17.1 Å². The molecule has 0 spiro atoms. The molecule has 0 radical (unpaired) electrons. The molecule has 1 atom stereocenters. The van der Waals surface area contributed by atoms with Gasteiger partial charge in [0.05, 0.1) is 11.4 Å². The summed E-state index contributed by atoms with van der Waals surface area (Å²) in [6, 6.07) is 9.02. The molecule has 1 heterocycles. The summed E-state index contributed by atoms with van der Waals surface area (Å²) in [6.07, 6.45) is -0.576. The van der Waals surface area contributed by atoms with Crippen LogP contribution in [0.1, 0.15) is 0 Å². The molecule has 5 N–H and O–H groups in total. The molecule has 30 heavy (non-hydrogen) atoms. The molecule has 3 rings (SSSR count). The van der Waals surface area contributed by atoms with Gasteiger partial charge in [0, 0.05) is 23.6 Å². The summed E-state index contributed by atoms with van der Waals surface area (Å²) in [6.45, 7) is 0.274. The molecule has 1 aliphatic rings. The van der Waals surface area contributed by atoms with E-state index in [4.69, 9.17) is 11.5 Å². The van der Waals surface area contributed by atoms with Crippen molar-refractivity contribution in [1.29, 1.82) is 0 Å². The number of benzene rings is 2. The summed E-state index contributed by atoms with van der Waals surface area (Å²) in [5.41, 5.74) is 12.7. The van der Waals surface area contributed by atoms with Gasteiger partial charge in [-0.3, -0.25) is 0 Å². The molecule has 158 valence electrons. The molecule has 0 aromatic heterocycles. The highest BCUT2D eigenvalue weighted by molar-refractivity contribution is 5.70. The van der Waals surface area contributed by atoms with Crippen molar-refractivity contribution in [3.05, 3.63) is 95.5 Å². The van der Waals surface area contributed by atoms with Gasteiger partial charge in [-0.1, -0.05) is 0 Å². The van der Waals surface area contributed by atoms with Gasteiger partial charge >= 0.3 is 6.18 Å². The maximum atomic E-state index is 13.4. The summed E-state index contributed by atoms with van der Waals surface area (Å²) < 4.78 is 65.0. The van der Waals surface area contributed by atoms with E-state index in [0.717, 1.165) is 6.08 Å². The number of nitrogens with zero attached hydrogens (tertiary/aromatic N) is 1. The van der Waals surface area contributed by atoms with Gasteiger partial charge in [0.25, 0.3) is 0 Å². The highest BCUT2D eigenvalue weighted by Crippen LogP contribution is 2.32. The van der Waals surface area contributed by atoms with Crippen molar-refractivity contribution >= 4 is 11.4 Å². The lowest BCUT2D eigenvalue weighted by atomic mass is 10.1. The van der Waals surface area contributed by atoms with Crippen molar-refractivity contribution in [3.63, 3.8) is 0 Å². The number of nitrogens with two attached hydrogens (primary N) is 2. The van der Waals surface area contributed by atoms with Crippen LogP contribution in [-0.2, 0) is 0 Å². The second-order valence-electron chi connectivity index (χ2n) is 6.55. The van der Waals surface area contributed by atoms with Crippen LogP contribution in [0.25, 0.3) is 0 Å². The molecule has 2 aromatic rings. The lowest BCUT2D eigenvalue weighted by Gasteiger charge is -2.29. The SMILES string of the molecule is N/C(=C\C(N)C(F)(F)F)C1=CC(N(c2ccc(F)cc2)c2ccc(F)cc2)=CCN1. The highest BCUT2D eigenvalue weighted by Gasteiger charge is 2.35. The summed E-state index contributed by atoms with van der Waals surface area (Å²) in [4.78, 5) is 1.71. The van der Waals surface area contributed by atoms with Gasteiger partial charge in [-0.25, -0.2) is 8.78 Å². The van der Waals surface area contributed by atoms with E-state index >= 15 is 0 Å². The fraction of sp³-hybridized carbons (Fsp3) is 0.143. The number of rotatable bonds is 5. The molecule has 1 aliphatic heterocycles. The van der Waals surface area contributed by atoms with E-state index in [1.165, 1.54) is 48.5 Å². The van der Waals surface area contributed by atoms with E-state index in [9.17, 15) is 22.0 Å². The fourth-order valence-electron chi connectivity index (χ4n) is 2.87. The Balaban J connectivity index is 2.01. The summed E-state index contributed by atoms with van der Waals surface area (Å²) in [5, 5.41) is 2.90. The van der Waals surface area contributed by atoms with Crippen LogP contribution in [0, 0.1) is 11.6 Å². The Hall–Kier alpha value is -3.33. The van der Waals surface area contributed by atoms with Crippen LogP contribution in [0.3, 0.4) is 0 Å². The third kappa shape index (κ3) is 4.98. The third-order valence-electron chi connectivity index (χ3n) is 4.37. The lowest BCUT2D eigenvalue weighted by molar-refractivity contribution is -0.137. The van der Waals surface area contributed by atoms with Crippen LogP contribution in [0.2, 0.25) is 0 Å². The molecule has 4 nitrogen and oxygen atoms in total. The Kier molecular flexibility index (Phi) is 6.12. The monoisotopic (exact) mass is 422 g/mol. The Morgan fingerprint density at radius 3 is 1.93 bits per heavy atom. The van der Waals surface area contributed by atoms with E-state index in [-0.39, 0.29) is 17.9 Å². The number of allylic oxidation sites excluding steroid dienone is 1. The highest BCUT2D eigenvalue weighted by atomic mass is 19.4. The van der Waals surface area contributed by atoms with Crippen LogP contribution in [-0.4, -0.2) is 18.8 Å². The molecule has 0 aliphatic carbocycles.